The van der Waals surface area contributed by atoms with Crippen LogP contribution in [0.5, 0.6) is 0 Å². The quantitative estimate of drug-likeness (QED) is 0.555. The highest BCUT2D eigenvalue weighted by atomic mass is 32.2. The van der Waals surface area contributed by atoms with Gasteiger partial charge in [0.2, 0.25) is 0 Å². The molecule has 0 aliphatic carbocycles. The second kappa shape index (κ2) is 6.16. The van der Waals surface area contributed by atoms with Crippen molar-refractivity contribution < 1.29 is 17.4 Å². The lowest BCUT2D eigenvalue weighted by molar-refractivity contribution is 0.341. The summed E-state index contributed by atoms with van der Waals surface area (Å²) in [6, 6.07) is 17.9. The molecule has 8 heteroatoms. The number of hydrogen-bond acceptors (Lipinski definition) is 6. The second-order valence-electron chi connectivity index (χ2n) is 5.51. The Kier molecular flexibility index (Phi) is 3.81. The standard InChI is InChI=1S/C18H12N2O5S/c21-17-9-6-13-10-14(7-8-16(13)24-17)20-26(22,23)18-11-15(19-25-18)12-4-2-1-3-5-12/h1-11,20H. The number of hydrogen-bond donors (Lipinski definition) is 1. The van der Waals surface area contributed by atoms with Crippen LogP contribution in [-0.2, 0) is 10.0 Å². The molecule has 2 aromatic carbocycles. The first-order valence-electron chi connectivity index (χ1n) is 7.60. The number of benzene rings is 2. The Balaban J connectivity index is 1.64. The van der Waals surface area contributed by atoms with E-state index in [4.69, 9.17) is 8.94 Å². The number of nitrogens with one attached hydrogen (secondary N) is 1. The zero-order valence-electron chi connectivity index (χ0n) is 13.2. The second-order valence-corrected chi connectivity index (χ2v) is 7.12. The van der Waals surface area contributed by atoms with Gasteiger partial charge in [-0.05, 0) is 24.3 Å². The van der Waals surface area contributed by atoms with Crippen molar-refractivity contribution in [3.8, 4) is 11.3 Å². The molecule has 0 saturated carbocycles. The molecule has 130 valence electrons. The maximum Gasteiger partial charge on any atom is 0.336 e. The van der Waals surface area contributed by atoms with Crippen LogP contribution >= 0.6 is 0 Å². The van der Waals surface area contributed by atoms with Gasteiger partial charge in [0.1, 0.15) is 11.3 Å². The molecule has 26 heavy (non-hydrogen) atoms. The van der Waals surface area contributed by atoms with Gasteiger partial charge in [0.15, 0.2) is 0 Å². The van der Waals surface area contributed by atoms with E-state index in [1.165, 1.54) is 24.3 Å². The van der Waals surface area contributed by atoms with Gasteiger partial charge in [-0.1, -0.05) is 35.5 Å². The lowest BCUT2D eigenvalue weighted by Gasteiger charge is -2.05. The SMILES string of the molecule is O=c1ccc2cc(NS(=O)(=O)c3cc(-c4ccccc4)no3)ccc2o1. The third-order valence-electron chi connectivity index (χ3n) is 3.69. The topological polar surface area (TPSA) is 102 Å². The van der Waals surface area contributed by atoms with Crippen molar-refractivity contribution in [3.05, 3.63) is 77.2 Å². The van der Waals surface area contributed by atoms with Gasteiger partial charge in [0.25, 0.3) is 15.1 Å². The van der Waals surface area contributed by atoms with E-state index in [1.54, 1.807) is 24.3 Å². The Bertz CT molecular complexity index is 1240. The monoisotopic (exact) mass is 368 g/mol. The Hall–Kier alpha value is -3.39. The van der Waals surface area contributed by atoms with Crippen molar-refractivity contribution in [2.75, 3.05) is 4.72 Å². The van der Waals surface area contributed by atoms with E-state index < -0.39 is 15.6 Å². The molecule has 1 N–H and O–H groups in total. The Labute approximate surface area is 147 Å². The number of sulfonamides is 1. The summed E-state index contributed by atoms with van der Waals surface area (Å²) in [4.78, 5) is 11.2. The van der Waals surface area contributed by atoms with E-state index in [0.717, 1.165) is 5.56 Å². The molecular formula is C18H12N2O5S. The number of anilines is 1. The molecule has 7 nitrogen and oxygen atoms in total. The first-order valence-corrected chi connectivity index (χ1v) is 9.08. The van der Waals surface area contributed by atoms with Crippen molar-refractivity contribution in [3.63, 3.8) is 0 Å². The summed E-state index contributed by atoms with van der Waals surface area (Å²) in [7, 11) is -3.95. The van der Waals surface area contributed by atoms with Gasteiger partial charge >= 0.3 is 5.63 Å². The van der Waals surface area contributed by atoms with E-state index in [1.807, 2.05) is 18.2 Å². The average Bonchev–Trinajstić information content (AvgIpc) is 3.13. The molecule has 4 rings (SSSR count). The third kappa shape index (κ3) is 3.09. The van der Waals surface area contributed by atoms with Crippen LogP contribution in [0, 0.1) is 0 Å². The minimum atomic E-state index is -3.95. The molecule has 0 amide bonds. The Morgan fingerprint density at radius 3 is 2.54 bits per heavy atom. The number of aromatic nitrogens is 1. The first-order chi connectivity index (χ1) is 12.5. The van der Waals surface area contributed by atoms with Crippen LogP contribution < -0.4 is 10.3 Å². The number of nitrogens with zero attached hydrogens (tertiary/aromatic N) is 1. The minimum Gasteiger partial charge on any atom is -0.423 e. The molecule has 2 aromatic heterocycles. The van der Waals surface area contributed by atoms with Crippen LogP contribution in [0.2, 0.25) is 0 Å². The highest BCUT2D eigenvalue weighted by Gasteiger charge is 2.21. The van der Waals surface area contributed by atoms with E-state index >= 15 is 0 Å². The molecule has 0 saturated heterocycles. The van der Waals surface area contributed by atoms with Gasteiger partial charge < -0.3 is 8.94 Å². The fourth-order valence-electron chi connectivity index (χ4n) is 2.47. The molecule has 0 aliphatic rings. The van der Waals surface area contributed by atoms with Crippen molar-refractivity contribution in [1.29, 1.82) is 0 Å². The summed E-state index contributed by atoms with van der Waals surface area (Å²) in [5, 5.41) is 4.10. The predicted octanol–water partition coefficient (Wildman–Crippen LogP) is 3.25. The van der Waals surface area contributed by atoms with Gasteiger partial charge in [-0.3, -0.25) is 4.72 Å². The summed E-state index contributed by atoms with van der Waals surface area (Å²) in [6.45, 7) is 0. The summed E-state index contributed by atoms with van der Waals surface area (Å²) in [5.74, 6) is 0. The number of rotatable bonds is 4. The van der Waals surface area contributed by atoms with Crippen LogP contribution in [0.3, 0.4) is 0 Å². The van der Waals surface area contributed by atoms with Crippen molar-refractivity contribution in [2.24, 2.45) is 0 Å². The van der Waals surface area contributed by atoms with Gasteiger partial charge in [0.05, 0.1) is 0 Å². The zero-order valence-corrected chi connectivity index (χ0v) is 14.1. The summed E-state index contributed by atoms with van der Waals surface area (Å²) < 4.78 is 37.5. The van der Waals surface area contributed by atoms with Gasteiger partial charge in [0, 0.05) is 28.8 Å². The number of fused-ring (bicyclic) bond motifs is 1. The van der Waals surface area contributed by atoms with E-state index in [0.29, 0.717) is 22.4 Å². The summed E-state index contributed by atoms with van der Waals surface area (Å²) in [5.41, 5.74) is 1.38. The van der Waals surface area contributed by atoms with E-state index in [2.05, 4.69) is 9.88 Å². The molecule has 0 atom stereocenters. The molecule has 0 aliphatic heterocycles. The highest BCUT2D eigenvalue weighted by molar-refractivity contribution is 7.92. The van der Waals surface area contributed by atoms with Crippen molar-refractivity contribution in [1.82, 2.24) is 5.16 Å². The van der Waals surface area contributed by atoms with Crippen molar-refractivity contribution >= 4 is 26.7 Å². The lowest BCUT2D eigenvalue weighted by Crippen LogP contribution is -2.12. The Morgan fingerprint density at radius 2 is 1.73 bits per heavy atom. The Morgan fingerprint density at radius 1 is 0.923 bits per heavy atom. The molecule has 4 aromatic rings. The summed E-state index contributed by atoms with van der Waals surface area (Å²) in [6.07, 6.45) is 0. The van der Waals surface area contributed by atoms with Gasteiger partial charge in [-0.2, -0.15) is 8.42 Å². The fourth-order valence-corrected chi connectivity index (χ4v) is 3.41. The van der Waals surface area contributed by atoms with Crippen LogP contribution in [0.15, 0.2) is 85.6 Å². The smallest absolute Gasteiger partial charge is 0.336 e. The molecular weight excluding hydrogens is 356 g/mol. The minimum absolute atomic E-state index is 0.295. The van der Waals surface area contributed by atoms with E-state index in [9.17, 15) is 13.2 Å². The molecule has 0 bridgehead atoms. The van der Waals surface area contributed by atoms with Crippen LogP contribution in [0.25, 0.3) is 22.2 Å². The maximum absolute atomic E-state index is 12.5. The fraction of sp³-hybridized carbons (Fsp3) is 0. The lowest BCUT2D eigenvalue weighted by atomic mass is 10.2. The maximum atomic E-state index is 12.5. The van der Waals surface area contributed by atoms with Gasteiger partial charge in [-0.15, -0.1) is 0 Å². The van der Waals surface area contributed by atoms with Crippen LogP contribution in [-0.4, -0.2) is 13.6 Å². The zero-order chi connectivity index (χ0) is 18.1. The third-order valence-corrected chi connectivity index (χ3v) is 4.92. The molecule has 0 radical (unpaired) electrons. The van der Waals surface area contributed by atoms with Crippen LogP contribution in [0.4, 0.5) is 5.69 Å². The first kappa shape index (κ1) is 16.1. The normalized spacial score (nSPS) is 11.5. The van der Waals surface area contributed by atoms with Crippen LogP contribution in [0.1, 0.15) is 0 Å². The van der Waals surface area contributed by atoms with Gasteiger partial charge in [-0.25, -0.2) is 4.79 Å². The highest BCUT2D eigenvalue weighted by Crippen LogP contribution is 2.24. The average molecular weight is 368 g/mol. The summed E-state index contributed by atoms with van der Waals surface area (Å²) >= 11 is 0. The molecule has 0 spiro atoms. The molecule has 2 heterocycles. The van der Waals surface area contributed by atoms with E-state index in [-0.39, 0.29) is 5.09 Å². The van der Waals surface area contributed by atoms with Crippen molar-refractivity contribution in [2.45, 2.75) is 5.09 Å². The largest absolute Gasteiger partial charge is 0.423 e. The predicted molar refractivity (Wildman–Crippen MR) is 95.2 cm³/mol. The molecule has 0 unspecified atom stereocenters. The molecule has 0 fully saturated rings.